The first-order chi connectivity index (χ1) is 25.6. The van der Waals surface area contributed by atoms with Crippen LogP contribution in [0.1, 0.15) is 181 Å². The Balaban J connectivity index is 3.92. The van der Waals surface area contributed by atoms with Crippen LogP contribution in [0, 0.1) is 0 Å². The molecule has 0 saturated carbocycles. The maximum atomic E-state index is 12.4. The number of allylic oxidation sites excluding steroid dienone is 6. The van der Waals surface area contributed by atoms with E-state index in [0.29, 0.717) is 24.1 Å². The predicted molar refractivity (Wildman–Crippen MR) is 224 cm³/mol. The van der Waals surface area contributed by atoms with Gasteiger partial charge in [0.25, 0.3) is 0 Å². The van der Waals surface area contributed by atoms with Gasteiger partial charge in [0.1, 0.15) is 19.3 Å². The standard InChI is InChI=1S/C44H84NO7P/c1-6-8-10-12-13-14-15-16-17-18-19-20-21-22-23-24-25-26-27-28-29-30-31-32-34-36-39-49-41-43(52-44(46)37-35-33-11-9-7-2)42-51-53(47,48)50-40-38-45(3,4)5/h15-16,18-19,21-22,43H,6-14,17,20,23-42H2,1-5H3/p+1/b16-15-,19-18-,22-21-. The zero-order valence-electron chi connectivity index (χ0n) is 35.3. The Morgan fingerprint density at radius 1 is 0.585 bits per heavy atom. The van der Waals surface area contributed by atoms with Crippen molar-refractivity contribution in [1.82, 2.24) is 0 Å². The van der Waals surface area contributed by atoms with Crippen molar-refractivity contribution < 1.29 is 37.3 Å². The zero-order chi connectivity index (χ0) is 39.1. The fourth-order valence-electron chi connectivity index (χ4n) is 5.79. The second kappa shape index (κ2) is 37.6. The number of unbranched alkanes of at least 4 members (excludes halogenated alkanes) is 20. The summed E-state index contributed by atoms with van der Waals surface area (Å²) in [4.78, 5) is 22.6. The first-order valence-corrected chi connectivity index (χ1v) is 23.2. The summed E-state index contributed by atoms with van der Waals surface area (Å²) >= 11 is 0. The van der Waals surface area contributed by atoms with E-state index in [1.807, 2.05) is 21.1 Å². The number of nitrogens with zero attached hydrogens (tertiary/aromatic N) is 1. The minimum atomic E-state index is -4.26. The Hall–Kier alpha value is -1.28. The number of quaternary nitrogens is 1. The number of esters is 1. The molecule has 1 N–H and O–H groups in total. The maximum Gasteiger partial charge on any atom is 0.472 e. The number of phosphoric ester groups is 1. The molecule has 9 heteroatoms. The summed E-state index contributed by atoms with van der Waals surface area (Å²) in [5.41, 5.74) is 0. The molecule has 0 aliphatic heterocycles. The van der Waals surface area contributed by atoms with Crippen LogP contribution < -0.4 is 0 Å². The average Bonchev–Trinajstić information content (AvgIpc) is 3.11. The van der Waals surface area contributed by atoms with Crippen molar-refractivity contribution in [1.29, 1.82) is 0 Å². The number of carbonyl (C=O) groups is 1. The highest BCUT2D eigenvalue weighted by Crippen LogP contribution is 2.43. The van der Waals surface area contributed by atoms with Gasteiger partial charge in [-0.15, -0.1) is 0 Å². The van der Waals surface area contributed by atoms with Gasteiger partial charge in [-0.25, -0.2) is 4.57 Å². The summed E-state index contributed by atoms with van der Waals surface area (Å²) in [5.74, 6) is -0.328. The van der Waals surface area contributed by atoms with E-state index in [2.05, 4.69) is 50.3 Å². The van der Waals surface area contributed by atoms with Crippen molar-refractivity contribution in [2.24, 2.45) is 0 Å². The molecule has 0 spiro atoms. The van der Waals surface area contributed by atoms with E-state index >= 15 is 0 Å². The van der Waals surface area contributed by atoms with E-state index in [1.165, 1.54) is 103 Å². The second-order valence-electron chi connectivity index (χ2n) is 15.7. The lowest BCUT2D eigenvalue weighted by Crippen LogP contribution is -2.37. The van der Waals surface area contributed by atoms with E-state index in [4.69, 9.17) is 18.5 Å². The van der Waals surface area contributed by atoms with E-state index in [1.54, 1.807) is 0 Å². The predicted octanol–water partition coefficient (Wildman–Crippen LogP) is 12.6. The van der Waals surface area contributed by atoms with Gasteiger partial charge in [0.2, 0.25) is 0 Å². The monoisotopic (exact) mass is 771 g/mol. The number of hydrogen-bond donors (Lipinski definition) is 1. The molecule has 53 heavy (non-hydrogen) atoms. The topological polar surface area (TPSA) is 91.3 Å². The molecule has 0 amide bonds. The highest BCUT2D eigenvalue weighted by molar-refractivity contribution is 7.47. The number of likely N-dealkylation sites (N-methyl/N-ethyl adjacent to an activating group) is 1. The Labute approximate surface area is 327 Å². The van der Waals surface area contributed by atoms with E-state index in [9.17, 15) is 14.3 Å². The fourth-order valence-corrected chi connectivity index (χ4v) is 6.54. The summed E-state index contributed by atoms with van der Waals surface area (Å²) in [5, 5.41) is 0. The van der Waals surface area contributed by atoms with Crippen LogP contribution in [-0.4, -0.2) is 75.6 Å². The van der Waals surface area contributed by atoms with E-state index in [-0.39, 0.29) is 25.8 Å². The summed E-state index contributed by atoms with van der Waals surface area (Å²) in [6, 6.07) is 0. The molecule has 0 aromatic rings. The van der Waals surface area contributed by atoms with Crippen molar-refractivity contribution in [3.8, 4) is 0 Å². The van der Waals surface area contributed by atoms with Gasteiger partial charge in [-0.05, 0) is 51.4 Å². The first-order valence-electron chi connectivity index (χ1n) is 21.7. The van der Waals surface area contributed by atoms with Crippen molar-refractivity contribution in [2.45, 2.75) is 187 Å². The van der Waals surface area contributed by atoms with Crippen LogP contribution in [0.2, 0.25) is 0 Å². The Kier molecular flexibility index (Phi) is 36.7. The Bertz CT molecular complexity index is 947. The van der Waals surface area contributed by atoms with Gasteiger partial charge >= 0.3 is 13.8 Å². The Morgan fingerprint density at radius 2 is 1.04 bits per heavy atom. The highest BCUT2D eigenvalue weighted by atomic mass is 31.2. The lowest BCUT2D eigenvalue weighted by atomic mass is 10.1. The van der Waals surface area contributed by atoms with E-state index in [0.717, 1.165) is 57.8 Å². The Morgan fingerprint density at radius 3 is 1.55 bits per heavy atom. The van der Waals surface area contributed by atoms with Gasteiger partial charge < -0.3 is 18.9 Å². The van der Waals surface area contributed by atoms with Gasteiger partial charge in [-0.1, -0.05) is 159 Å². The van der Waals surface area contributed by atoms with Gasteiger partial charge in [-0.3, -0.25) is 13.8 Å². The van der Waals surface area contributed by atoms with Crippen molar-refractivity contribution in [3.05, 3.63) is 36.5 Å². The average molecular weight is 771 g/mol. The smallest absolute Gasteiger partial charge is 0.457 e. The second-order valence-corrected chi connectivity index (χ2v) is 17.2. The van der Waals surface area contributed by atoms with Crippen LogP contribution in [0.15, 0.2) is 36.5 Å². The largest absolute Gasteiger partial charge is 0.472 e. The molecule has 0 fully saturated rings. The summed E-state index contributed by atoms with van der Waals surface area (Å²) in [6.45, 7) is 5.52. The van der Waals surface area contributed by atoms with Crippen LogP contribution in [0.25, 0.3) is 0 Å². The van der Waals surface area contributed by atoms with Crippen molar-refractivity contribution in [2.75, 3.05) is 54.1 Å². The minimum Gasteiger partial charge on any atom is -0.457 e. The van der Waals surface area contributed by atoms with Gasteiger partial charge in [0, 0.05) is 13.0 Å². The maximum absolute atomic E-state index is 12.4. The molecule has 0 aliphatic rings. The number of hydrogen-bond acceptors (Lipinski definition) is 6. The first kappa shape index (κ1) is 51.7. The number of rotatable bonds is 40. The minimum absolute atomic E-state index is 0.0881. The summed E-state index contributed by atoms with van der Waals surface area (Å²) < 4.78 is 34.7. The third-order valence-corrected chi connectivity index (χ3v) is 10.2. The number of ether oxygens (including phenoxy) is 2. The molecule has 2 atom stereocenters. The van der Waals surface area contributed by atoms with Crippen molar-refractivity contribution in [3.63, 3.8) is 0 Å². The van der Waals surface area contributed by atoms with Crippen LogP contribution in [0.4, 0.5) is 0 Å². The molecule has 2 unspecified atom stereocenters. The molecule has 0 aromatic heterocycles. The normalized spacial score (nSPS) is 14.2. The van der Waals surface area contributed by atoms with Crippen LogP contribution in [0.5, 0.6) is 0 Å². The van der Waals surface area contributed by atoms with Gasteiger partial charge in [0.15, 0.2) is 0 Å². The van der Waals surface area contributed by atoms with Gasteiger partial charge in [0.05, 0.1) is 34.4 Å². The quantitative estimate of drug-likeness (QED) is 0.0218. The SMILES string of the molecule is CCCCCCC/C=C\C/C=C\C/C=C\CCCCCCCCCCCCCOCC(COP(=O)(O)OCC[N+](C)(C)C)OC(=O)CCCCCCC. The highest BCUT2D eigenvalue weighted by Gasteiger charge is 2.26. The molecule has 0 aliphatic carbocycles. The zero-order valence-corrected chi connectivity index (χ0v) is 36.1. The third kappa shape index (κ3) is 41.7. The molecule has 0 rings (SSSR count). The molecular formula is C44H85NO7P+. The van der Waals surface area contributed by atoms with Crippen LogP contribution in [-0.2, 0) is 27.9 Å². The molecule has 0 aromatic carbocycles. The number of phosphoric acid groups is 1. The molecule has 0 heterocycles. The third-order valence-electron chi connectivity index (χ3n) is 9.20. The molecule has 0 bridgehead atoms. The molecular weight excluding hydrogens is 685 g/mol. The van der Waals surface area contributed by atoms with Crippen LogP contribution >= 0.6 is 7.82 Å². The number of carbonyl (C=O) groups excluding carboxylic acids is 1. The lowest BCUT2D eigenvalue weighted by Gasteiger charge is -2.24. The molecule has 0 radical (unpaired) electrons. The lowest BCUT2D eigenvalue weighted by molar-refractivity contribution is -0.870. The van der Waals surface area contributed by atoms with Gasteiger partial charge in [-0.2, -0.15) is 0 Å². The summed E-state index contributed by atoms with van der Waals surface area (Å²) in [6.07, 6.45) is 43.7. The fraction of sp³-hybridized carbons (Fsp3) is 0.841. The van der Waals surface area contributed by atoms with Crippen molar-refractivity contribution >= 4 is 13.8 Å². The molecule has 312 valence electrons. The van der Waals surface area contributed by atoms with Crippen LogP contribution in [0.3, 0.4) is 0 Å². The molecule has 8 nitrogen and oxygen atoms in total. The molecule has 0 saturated heterocycles. The summed E-state index contributed by atoms with van der Waals surface area (Å²) in [7, 11) is 1.66. The van der Waals surface area contributed by atoms with E-state index < -0.39 is 13.9 Å².